The first-order chi connectivity index (χ1) is 9.15. The van der Waals surface area contributed by atoms with Crippen LogP contribution in [0.1, 0.15) is 26.7 Å². The highest BCUT2D eigenvalue weighted by Crippen LogP contribution is 2.11. The summed E-state index contributed by atoms with van der Waals surface area (Å²) in [5.74, 6) is 1.03. The fraction of sp³-hybridized carbons (Fsp3) is 0.615. The van der Waals surface area contributed by atoms with Crippen LogP contribution >= 0.6 is 0 Å². The largest absolute Gasteiger partial charge is 0.475 e. The van der Waals surface area contributed by atoms with Gasteiger partial charge in [0.1, 0.15) is 0 Å². The van der Waals surface area contributed by atoms with E-state index in [4.69, 9.17) is 4.74 Å². The predicted molar refractivity (Wildman–Crippen MR) is 72.1 cm³/mol. The van der Waals surface area contributed by atoms with Gasteiger partial charge in [-0.1, -0.05) is 0 Å². The van der Waals surface area contributed by atoms with E-state index >= 15 is 0 Å². The van der Waals surface area contributed by atoms with Gasteiger partial charge in [0.15, 0.2) is 0 Å². The Balaban J connectivity index is 1.86. The van der Waals surface area contributed by atoms with E-state index in [2.05, 4.69) is 15.3 Å². The molecule has 1 fully saturated rings. The van der Waals surface area contributed by atoms with Crippen molar-refractivity contribution in [1.29, 1.82) is 0 Å². The number of rotatable bonds is 5. The number of aromatic nitrogens is 2. The molecular formula is C13H20N4O2. The molecule has 0 spiro atoms. The lowest BCUT2D eigenvalue weighted by atomic mass is 10.4. The number of nitrogens with zero attached hydrogens (tertiary/aromatic N) is 3. The molecule has 0 aromatic carbocycles. The zero-order chi connectivity index (χ0) is 13.7. The average Bonchev–Trinajstić information content (AvgIpc) is 2.89. The number of likely N-dealkylation sites (tertiary alicyclic amines) is 1. The predicted octanol–water partition coefficient (Wildman–Crippen LogP) is 1.30. The highest BCUT2D eigenvalue weighted by molar-refractivity contribution is 5.80. The number of hydrogen-bond acceptors (Lipinski definition) is 5. The monoisotopic (exact) mass is 264 g/mol. The van der Waals surface area contributed by atoms with Crippen LogP contribution in [-0.4, -0.2) is 46.5 Å². The van der Waals surface area contributed by atoms with Crippen molar-refractivity contribution in [1.82, 2.24) is 14.9 Å². The Morgan fingerprint density at radius 1 is 1.47 bits per heavy atom. The molecule has 0 saturated carbocycles. The molecule has 0 aliphatic carbocycles. The lowest BCUT2D eigenvalue weighted by Gasteiger charge is -2.15. The first-order valence-corrected chi connectivity index (χ1v) is 6.66. The molecule has 1 aromatic heterocycles. The zero-order valence-electron chi connectivity index (χ0n) is 11.4. The molecule has 1 N–H and O–H groups in total. The fourth-order valence-electron chi connectivity index (χ4n) is 1.97. The SMILES string of the molecule is CC(C)Oc1ccnc(NCC(=O)N2CCCC2)n1. The second-order valence-electron chi connectivity index (χ2n) is 4.83. The Hall–Kier alpha value is -1.85. The fourth-order valence-corrected chi connectivity index (χ4v) is 1.97. The maximum atomic E-state index is 11.9. The molecule has 0 bridgehead atoms. The third-order valence-electron chi connectivity index (χ3n) is 2.84. The number of anilines is 1. The molecule has 104 valence electrons. The minimum atomic E-state index is 0.0639. The van der Waals surface area contributed by atoms with E-state index in [1.807, 2.05) is 18.7 Å². The van der Waals surface area contributed by atoms with E-state index < -0.39 is 0 Å². The first kappa shape index (κ1) is 13.6. The van der Waals surface area contributed by atoms with Crippen LogP contribution in [0.4, 0.5) is 5.95 Å². The van der Waals surface area contributed by atoms with Crippen LogP contribution in [0.5, 0.6) is 5.88 Å². The van der Waals surface area contributed by atoms with Crippen molar-refractivity contribution >= 4 is 11.9 Å². The van der Waals surface area contributed by atoms with Gasteiger partial charge in [-0.3, -0.25) is 4.79 Å². The molecule has 0 unspecified atom stereocenters. The summed E-state index contributed by atoms with van der Waals surface area (Å²) in [6.45, 7) is 5.82. The van der Waals surface area contributed by atoms with Gasteiger partial charge in [-0.25, -0.2) is 4.98 Å². The van der Waals surface area contributed by atoms with Gasteiger partial charge in [0.2, 0.25) is 17.7 Å². The summed E-state index contributed by atoms with van der Waals surface area (Å²) in [7, 11) is 0. The van der Waals surface area contributed by atoms with Gasteiger partial charge in [-0.15, -0.1) is 0 Å². The second-order valence-corrected chi connectivity index (χ2v) is 4.83. The molecule has 1 amide bonds. The van der Waals surface area contributed by atoms with Crippen molar-refractivity contribution in [3.63, 3.8) is 0 Å². The number of carbonyl (C=O) groups is 1. The molecule has 1 aliphatic rings. The molecule has 6 nitrogen and oxygen atoms in total. The van der Waals surface area contributed by atoms with E-state index in [1.165, 1.54) is 0 Å². The van der Waals surface area contributed by atoms with Gasteiger partial charge in [0.25, 0.3) is 0 Å². The molecule has 0 radical (unpaired) electrons. The van der Waals surface area contributed by atoms with Crippen molar-refractivity contribution in [3.05, 3.63) is 12.3 Å². The van der Waals surface area contributed by atoms with Crippen molar-refractivity contribution in [3.8, 4) is 5.88 Å². The number of hydrogen-bond donors (Lipinski definition) is 1. The van der Waals surface area contributed by atoms with Gasteiger partial charge < -0.3 is 15.0 Å². The summed E-state index contributed by atoms with van der Waals surface area (Å²) >= 11 is 0. The smallest absolute Gasteiger partial charge is 0.241 e. The highest BCUT2D eigenvalue weighted by atomic mass is 16.5. The van der Waals surface area contributed by atoms with Crippen molar-refractivity contribution in [2.45, 2.75) is 32.8 Å². The van der Waals surface area contributed by atoms with Crippen LogP contribution < -0.4 is 10.1 Å². The Bertz CT molecular complexity index is 430. The van der Waals surface area contributed by atoms with E-state index in [1.54, 1.807) is 12.3 Å². The van der Waals surface area contributed by atoms with Gasteiger partial charge in [0.05, 0.1) is 12.6 Å². The summed E-state index contributed by atoms with van der Waals surface area (Å²) < 4.78 is 5.47. The van der Waals surface area contributed by atoms with Gasteiger partial charge in [0, 0.05) is 25.4 Å². The summed E-state index contributed by atoms with van der Waals surface area (Å²) in [5, 5.41) is 2.94. The number of nitrogens with one attached hydrogen (secondary N) is 1. The van der Waals surface area contributed by atoms with E-state index in [0.717, 1.165) is 25.9 Å². The third-order valence-corrected chi connectivity index (χ3v) is 2.84. The van der Waals surface area contributed by atoms with E-state index in [0.29, 0.717) is 11.8 Å². The first-order valence-electron chi connectivity index (χ1n) is 6.66. The Kier molecular flexibility index (Phi) is 4.54. The van der Waals surface area contributed by atoms with E-state index in [9.17, 15) is 4.79 Å². The quantitative estimate of drug-likeness (QED) is 0.868. The molecule has 1 aromatic rings. The molecule has 1 saturated heterocycles. The lowest BCUT2D eigenvalue weighted by Crippen LogP contribution is -2.33. The standard InChI is InChI=1S/C13H20N4O2/c1-10(2)19-11-5-6-14-13(16-11)15-9-12(18)17-7-3-4-8-17/h5-6,10H,3-4,7-9H2,1-2H3,(H,14,15,16). The summed E-state index contributed by atoms with van der Waals surface area (Å²) in [5.41, 5.74) is 0. The highest BCUT2D eigenvalue weighted by Gasteiger charge is 2.17. The van der Waals surface area contributed by atoms with Gasteiger partial charge >= 0.3 is 0 Å². The molecule has 2 heterocycles. The third kappa shape index (κ3) is 4.08. The van der Waals surface area contributed by atoms with Gasteiger partial charge in [-0.05, 0) is 26.7 Å². The van der Waals surface area contributed by atoms with Crippen LogP contribution in [0, 0.1) is 0 Å². The van der Waals surface area contributed by atoms with Crippen molar-refractivity contribution in [2.75, 3.05) is 25.0 Å². The van der Waals surface area contributed by atoms with Crippen LogP contribution in [0.15, 0.2) is 12.3 Å². The normalized spacial score (nSPS) is 14.8. The minimum Gasteiger partial charge on any atom is -0.475 e. The number of carbonyl (C=O) groups excluding carboxylic acids is 1. The summed E-state index contributed by atoms with van der Waals surface area (Å²) in [6, 6.07) is 1.70. The maximum Gasteiger partial charge on any atom is 0.241 e. The van der Waals surface area contributed by atoms with Crippen LogP contribution in [0.25, 0.3) is 0 Å². The van der Waals surface area contributed by atoms with Crippen LogP contribution in [0.3, 0.4) is 0 Å². The maximum absolute atomic E-state index is 11.9. The van der Waals surface area contributed by atoms with Crippen LogP contribution in [-0.2, 0) is 4.79 Å². The Morgan fingerprint density at radius 3 is 2.89 bits per heavy atom. The lowest BCUT2D eigenvalue weighted by molar-refractivity contribution is -0.128. The zero-order valence-corrected chi connectivity index (χ0v) is 11.4. The summed E-state index contributed by atoms with van der Waals surface area (Å²) in [4.78, 5) is 22.0. The second kappa shape index (κ2) is 6.36. The molecule has 6 heteroatoms. The van der Waals surface area contributed by atoms with Gasteiger partial charge in [-0.2, -0.15) is 4.98 Å². The van der Waals surface area contributed by atoms with Crippen molar-refractivity contribution in [2.24, 2.45) is 0 Å². The summed E-state index contributed by atoms with van der Waals surface area (Å²) in [6.07, 6.45) is 3.88. The number of amides is 1. The molecule has 1 aliphatic heterocycles. The minimum absolute atomic E-state index is 0.0639. The number of ether oxygens (including phenoxy) is 1. The van der Waals surface area contributed by atoms with E-state index in [-0.39, 0.29) is 18.6 Å². The van der Waals surface area contributed by atoms with Crippen molar-refractivity contribution < 1.29 is 9.53 Å². The molecule has 2 rings (SSSR count). The molecule has 19 heavy (non-hydrogen) atoms. The Morgan fingerprint density at radius 2 is 2.21 bits per heavy atom. The Labute approximate surface area is 113 Å². The van der Waals surface area contributed by atoms with Crippen LogP contribution in [0.2, 0.25) is 0 Å². The average molecular weight is 264 g/mol. The molecule has 0 atom stereocenters. The molecular weight excluding hydrogens is 244 g/mol. The topological polar surface area (TPSA) is 67.3 Å².